The summed E-state index contributed by atoms with van der Waals surface area (Å²) in [5.41, 5.74) is 1.43. The zero-order valence-corrected chi connectivity index (χ0v) is 13.8. The van der Waals surface area contributed by atoms with Crippen LogP contribution in [0.15, 0.2) is 11.4 Å². The number of likely N-dealkylation sites (tertiary alicyclic amines) is 1. The predicted octanol–water partition coefficient (Wildman–Crippen LogP) is 1.09. The molecule has 2 aliphatic rings. The van der Waals surface area contributed by atoms with Crippen LogP contribution in [0.1, 0.15) is 23.3 Å². The van der Waals surface area contributed by atoms with Crippen LogP contribution >= 0.6 is 11.3 Å². The minimum Gasteiger partial charge on any atom is -0.355 e. The van der Waals surface area contributed by atoms with E-state index in [1.165, 1.54) is 10.4 Å². The predicted molar refractivity (Wildman–Crippen MR) is 86.7 cm³/mol. The number of carbonyl (C=O) groups excluding carboxylic acids is 2. The van der Waals surface area contributed by atoms with E-state index in [0.29, 0.717) is 19.5 Å². The lowest BCUT2D eigenvalue weighted by Gasteiger charge is -2.29. The summed E-state index contributed by atoms with van der Waals surface area (Å²) in [5, 5.41) is 5.16. The Bertz CT molecular complexity index is 557. The Hall–Kier alpha value is -1.40. The number of piperidine rings is 1. The van der Waals surface area contributed by atoms with Crippen molar-refractivity contribution < 1.29 is 9.59 Å². The molecule has 2 aliphatic heterocycles. The molecular weight excluding hydrogens is 298 g/mol. The lowest BCUT2D eigenvalue weighted by Crippen LogP contribution is -2.44. The first-order chi connectivity index (χ1) is 10.6. The van der Waals surface area contributed by atoms with Crippen LogP contribution in [0.25, 0.3) is 0 Å². The van der Waals surface area contributed by atoms with E-state index in [9.17, 15) is 9.59 Å². The Morgan fingerprint density at radius 1 is 1.45 bits per heavy atom. The molecule has 6 heteroatoms. The fraction of sp³-hybridized carbons (Fsp3) is 0.625. The van der Waals surface area contributed by atoms with Crippen molar-refractivity contribution in [1.82, 2.24) is 15.1 Å². The highest BCUT2D eigenvalue weighted by atomic mass is 32.1. The van der Waals surface area contributed by atoms with Crippen LogP contribution in [-0.4, -0.2) is 54.8 Å². The molecule has 1 fully saturated rings. The highest BCUT2D eigenvalue weighted by Crippen LogP contribution is 2.23. The number of amides is 2. The van der Waals surface area contributed by atoms with Gasteiger partial charge in [-0.2, -0.15) is 0 Å². The molecule has 0 aromatic carbocycles. The van der Waals surface area contributed by atoms with Gasteiger partial charge in [0, 0.05) is 57.0 Å². The summed E-state index contributed by atoms with van der Waals surface area (Å²) in [6, 6.07) is 2.20. The Labute approximate surface area is 135 Å². The zero-order valence-electron chi connectivity index (χ0n) is 13.0. The first-order valence-corrected chi connectivity index (χ1v) is 8.80. The fourth-order valence-corrected chi connectivity index (χ4v) is 4.04. The molecule has 22 heavy (non-hydrogen) atoms. The van der Waals surface area contributed by atoms with Gasteiger partial charge in [0.05, 0.1) is 0 Å². The van der Waals surface area contributed by atoms with Crippen molar-refractivity contribution in [2.45, 2.75) is 25.8 Å². The number of nitrogens with zero attached hydrogens (tertiary/aromatic N) is 2. The quantitative estimate of drug-likeness (QED) is 0.903. The average Bonchev–Trinajstić information content (AvgIpc) is 2.97. The van der Waals surface area contributed by atoms with Crippen molar-refractivity contribution in [2.75, 3.05) is 33.2 Å². The van der Waals surface area contributed by atoms with E-state index in [0.717, 1.165) is 32.5 Å². The second-order valence-electron chi connectivity index (χ2n) is 6.19. The summed E-state index contributed by atoms with van der Waals surface area (Å²) in [6.45, 7) is 4.28. The van der Waals surface area contributed by atoms with E-state index >= 15 is 0 Å². The largest absolute Gasteiger partial charge is 0.355 e. The molecule has 0 saturated carbocycles. The van der Waals surface area contributed by atoms with Gasteiger partial charge < -0.3 is 10.2 Å². The van der Waals surface area contributed by atoms with E-state index in [2.05, 4.69) is 21.7 Å². The second-order valence-corrected chi connectivity index (χ2v) is 7.19. The molecule has 1 aromatic heterocycles. The number of nitrogens with one attached hydrogen (secondary N) is 1. The van der Waals surface area contributed by atoms with Crippen LogP contribution in [0.5, 0.6) is 0 Å². The first kappa shape index (κ1) is 15.5. The Kier molecular flexibility index (Phi) is 4.78. The molecule has 1 N–H and O–H groups in total. The Balaban J connectivity index is 1.40. The van der Waals surface area contributed by atoms with Gasteiger partial charge in [-0.25, -0.2) is 0 Å². The molecule has 5 nitrogen and oxygen atoms in total. The summed E-state index contributed by atoms with van der Waals surface area (Å²) in [6.07, 6.45) is 2.24. The summed E-state index contributed by atoms with van der Waals surface area (Å²) in [7, 11) is 1.80. The third-order valence-corrected chi connectivity index (χ3v) is 5.67. The van der Waals surface area contributed by atoms with Crippen LogP contribution in [0.3, 0.4) is 0 Å². The van der Waals surface area contributed by atoms with Gasteiger partial charge in [-0.15, -0.1) is 11.3 Å². The molecule has 1 aromatic rings. The first-order valence-electron chi connectivity index (χ1n) is 7.93. The lowest BCUT2D eigenvalue weighted by atomic mass is 9.96. The molecule has 0 spiro atoms. The van der Waals surface area contributed by atoms with Gasteiger partial charge >= 0.3 is 0 Å². The molecule has 1 saturated heterocycles. The minimum atomic E-state index is -0.145. The maximum Gasteiger partial charge on any atom is 0.223 e. The molecule has 2 amide bonds. The van der Waals surface area contributed by atoms with Crippen LogP contribution in [0.2, 0.25) is 0 Å². The highest BCUT2D eigenvalue weighted by Gasteiger charge is 2.28. The van der Waals surface area contributed by atoms with E-state index in [-0.39, 0.29) is 17.7 Å². The Morgan fingerprint density at radius 2 is 2.32 bits per heavy atom. The van der Waals surface area contributed by atoms with Gasteiger partial charge in [-0.3, -0.25) is 14.5 Å². The molecule has 3 heterocycles. The normalized spacial score (nSPS) is 22.5. The minimum absolute atomic E-state index is 0.0367. The van der Waals surface area contributed by atoms with Gasteiger partial charge in [0.1, 0.15) is 0 Å². The number of hydrogen-bond donors (Lipinski definition) is 1. The van der Waals surface area contributed by atoms with Crippen molar-refractivity contribution in [3.63, 3.8) is 0 Å². The third kappa shape index (κ3) is 3.50. The number of rotatable bonds is 4. The molecule has 1 atom stereocenters. The average molecular weight is 321 g/mol. The summed E-state index contributed by atoms with van der Waals surface area (Å²) >= 11 is 1.84. The van der Waals surface area contributed by atoms with Crippen LogP contribution in [0, 0.1) is 5.92 Å². The van der Waals surface area contributed by atoms with Gasteiger partial charge in [0.25, 0.3) is 0 Å². The second kappa shape index (κ2) is 6.79. The Morgan fingerprint density at radius 3 is 3.14 bits per heavy atom. The van der Waals surface area contributed by atoms with Crippen LogP contribution < -0.4 is 5.32 Å². The molecule has 0 aliphatic carbocycles. The van der Waals surface area contributed by atoms with Crippen molar-refractivity contribution in [3.05, 3.63) is 21.9 Å². The van der Waals surface area contributed by atoms with Crippen molar-refractivity contribution in [1.29, 1.82) is 0 Å². The van der Waals surface area contributed by atoms with E-state index in [1.807, 2.05) is 11.3 Å². The fourth-order valence-electron chi connectivity index (χ4n) is 3.15. The van der Waals surface area contributed by atoms with E-state index < -0.39 is 0 Å². The lowest BCUT2D eigenvalue weighted by molar-refractivity contribution is -0.139. The van der Waals surface area contributed by atoms with Gasteiger partial charge in [-0.05, 0) is 29.9 Å². The molecule has 0 bridgehead atoms. The maximum absolute atomic E-state index is 12.2. The van der Waals surface area contributed by atoms with Crippen molar-refractivity contribution >= 4 is 23.2 Å². The maximum atomic E-state index is 12.2. The number of carbonyl (C=O) groups is 2. The van der Waals surface area contributed by atoms with Crippen molar-refractivity contribution in [3.8, 4) is 0 Å². The molecule has 0 radical (unpaired) electrons. The summed E-state index contributed by atoms with van der Waals surface area (Å²) < 4.78 is 0. The molecule has 3 rings (SSSR count). The monoisotopic (exact) mass is 321 g/mol. The third-order valence-electron chi connectivity index (χ3n) is 4.64. The summed E-state index contributed by atoms with van der Waals surface area (Å²) in [4.78, 5) is 29.4. The van der Waals surface area contributed by atoms with Crippen LogP contribution in [0.4, 0.5) is 0 Å². The number of thiophene rings is 1. The van der Waals surface area contributed by atoms with Crippen molar-refractivity contribution in [2.24, 2.45) is 5.92 Å². The number of fused-ring (bicyclic) bond motifs is 1. The number of hydrogen-bond acceptors (Lipinski definition) is 4. The smallest absolute Gasteiger partial charge is 0.223 e. The molecule has 1 unspecified atom stereocenters. The van der Waals surface area contributed by atoms with E-state index in [4.69, 9.17) is 0 Å². The van der Waals surface area contributed by atoms with Gasteiger partial charge in [0.15, 0.2) is 0 Å². The molecule has 120 valence electrons. The zero-order chi connectivity index (χ0) is 15.5. The summed E-state index contributed by atoms with van der Waals surface area (Å²) in [5.74, 6) is -0.0318. The highest BCUT2D eigenvalue weighted by molar-refractivity contribution is 7.10. The van der Waals surface area contributed by atoms with Crippen LogP contribution in [-0.2, 0) is 22.6 Å². The van der Waals surface area contributed by atoms with Gasteiger partial charge in [-0.1, -0.05) is 0 Å². The van der Waals surface area contributed by atoms with Gasteiger partial charge in [0.2, 0.25) is 11.8 Å². The van der Waals surface area contributed by atoms with E-state index in [1.54, 1.807) is 11.9 Å². The molecular formula is C16H23N3O2S. The SMILES string of the molecule is CN1CCC(C(=O)NCCN2CCc3sccc3C2)CC1=O. The standard InChI is InChI=1S/C16H23N3O2S/c1-18-6-2-12(10-15(18)20)16(21)17-5-8-19-7-3-14-13(11-19)4-9-22-14/h4,9,12H,2-3,5-8,10-11H2,1H3,(H,17,21). The topological polar surface area (TPSA) is 52.7 Å².